The number of benzene rings is 2. The van der Waals surface area contributed by atoms with E-state index in [4.69, 9.17) is 16.3 Å². The van der Waals surface area contributed by atoms with E-state index in [2.05, 4.69) is 0 Å². The van der Waals surface area contributed by atoms with Gasteiger partial charge in [-0.25, -0.2) is 4.39 Å². The molecule has 106 valence electrons. The standard InChI is InChI=1S/C16H11ClFNO2/c1-21-15-5-3-2-4-11(15)12(9-19)16(20)10-6-7-13(17)14(18)8-10/h2-8,12H,1H3. The maximum atomic E-state index is 13.5. The maximum Gasteiger partial charge on any atom is 0.184 e. The van der Waals surface area contributed by atoms with Gasteiger partial charge in [-0.2, -0.15) is 5.26 Å². The summed E-state index contributed by atoms with van der Waals surface area (Å²) in [4.78, 5) is 12.4. The summed E-state index contributed by atoms with van der Waals surface area (Å²) in [5.74, 6) is -1.83. The largest absolute Gasteiger partial charge is 0.496 e. The molecule has 0 aliphatic carbocycles. The lowest BCUT2D eigenvalue weighted by Crippen LogP contribution is -2.12. The molecule has 2 rings (SSSR count). The molecule has 0 spiro atoms. The number of carbonyl (C=O) groups is 1. The summed E-state index contributed by atoms with van der Waals surface area (Å²) in [6.45, 7) is 0. The Kier molecular flexibility index (Phi) is 4.56. The monoisotopic (exact) mass is 303 g/mol. The van der Waals surface area contributed by atoms with Crippen molar-refractivity contribution in [3.8, 4) is 11.8 Å². The van der Waals surface area contributed by atoms with Crippen molar-refractivity contribution in [3.63, 3.8) is 0 Å². The Labute approximate surface area is 126 Å². The third-order valence-corrected chi connectivity index (χ3v) is 3.35. The molecule has 0 N–H and O–H groups in total. The first-order valence-electron chi connectivity index (χ1n) is 6.10. The summed E-state index contributed by atoms with van der Waals surface area (Å²) >= 11 is 5.59. The van der Waals surface area contributed by atoms with Crippen molar-refractivity contribution in [2.75, 3.05) is 7.11 Å². The number of Topliss-reactive ketones (excluding diaryl/α,β-unsaturated/α-hetero) is 1. The van der Waals surface area contributed by atoms with Crippen LogP contribution >= 0.6 is 11.6 Å². The normalized spacial score (nSPS) is 11.5. The average molecular weight is 304 g/mol. The highest BCUT2D eigenvalue weighted by molar-refractivity contribution is 6.30. The molecule has 1 unspecified atom stereocenters. The van der Waals surface area contributed by atoms with E-state index in [0.29, 0.717) is 11.3 Å². The summed E-state index contributed by atoms with van der Waals surface area (Å²) in [6.07, 6.45) is 0. The number of nitrogens with zero attached hydrogens (tertiary/aromatic N) is 1. The number of ether oxygens (including phenoxy) is 1. The highest BCUT2D eigenvalue weighted by Crippen LogP contribution is 2.29. The Morgan fingerprint density at radius 2 is 2.05 bits per heavy atom. The molecule has 0 aromatic heterocycles. The third kappa shape index (κ3) is 3.04. The van der Waals surface area contributed by atoms with Crippen LogP contribution in [0.2, 0.25) is 5.02 Å². The fourth-order valence-corrected chi connectivity index (χ4v) is 2.11. The van der Waals surface area contributed by atoms with Crippen LogP contribution in [-0.2, 0) is 0 Å². The van der Waals surface area contributed by atoms with Crippen molar-refractivity contribution in [1.82, 2.24) is 0 Å². The molecule has 2 aromatic carbocycles. The molecule has 3 nitrogen and oxygen atoms in total. The highest BCUT2D eigenvalue weighted by Gasteiger charge is 2.25. The van der Waals surface area contributed by atoms with Gasteiger partial charge in [0.05, 0.1) is 18.2 Å². The number of para-hydroxylation sites is 1. The quantitative estimate of drug-likeness (QED) is 0.803. The molecule has 1 atom stereocenters. The zero-order valence-corrected chi connectivity index (χ0v) is 11.9. The van der Waals surface area contributed by atoms with Crippen LogP contribution in [0.5, 0.6) is 5.75 Å². The van der Waals surface area contributed by atoms with Crippen LogP contribution in [0.25, 0.3) is 0 Å². The van der Waals surface area contributed by atoms with E-state index in [9.17, 15) is 14.4 Å². The second kappa shape index (κ2) is 6.38. The van der Waals surface area contributed by atoms with Gasteiger partial charge in [-0.15, -0.1) is 0 Å². The van der Waals surface area contributed by atoms with Gasteiger partial charge < -0.3 is 4.74 Å². The van der Waals surface area contributed by atoms with Gasteiger partial charge in [0, 0.05) is 11.1 Å². The molecule has 0 aliphatic heterocycles. The summed E-state index contributed by atoms with van der Waals surface area (Å²) in [5, 5.41) is 9.24. The van der Waals surface area contributed by atoms with Gasteiger partial charge in [0.25, 0.3) is 0 Å². The van der Waals surface area contributed by atoms with Gasteiger partial charge in [-0.05, 0) is 24.3 Å². The fourth-order valence-electron chi connectivity index (χ4n) is 1.99. The SMILES string of the molecule is COc1ccccc1C(C#N)C(=O)c1ccc(Cl)c(F)c1. The van der Waals surface area contributed by atoms with E-state index in [-0.39, 0.29) is 10.6 Å². The highest BCUT2D eigenvalue weighted by atomic mass is 35.5. The van der Waals surface area contributed by atoms with Gasteiger partial charge in [0.2, 0.25) is 0 Å². The molecular weight excluding hydrogens is 293 g/mol. The minimum Gasteiger partial charge on any atom is -0.496 e. The smallest absolute Gasteiger partial charge is 0.184 e. The maximum absolute atomic E-state index is 13.5. The van der Waals surface area contributed by atoms with Crippen LogP contribution in [0.4, 0.5) is 4.39 Å². The molecule has 0 radical (unpaired) electrons. The number of carbonyl (C=O) groups excluding carboxylic acids is 1. The van der Waals surface area contributed by atoms with Crippen molar-refractivity contribution < 1.29 is 13.9 Å². The first-order valence-corrected chi connectivity index (χ1v) is 6.48. The Balaban J connectivity index is 2.44. The Morgan fingerprint density at radius 3 is 2.67 bits per heavy atom. The van der Waals surface area contributed by atoms with Gasteiger partial charge >= 0.3 is 0 Å². The molecule has 0 aliphatic rings. The van der Waals surface area contributed by atoms with E-state index in [1.807, 2.05) is 6.07 Å². The Hall–Kier alpha value is -2.38. The number of rotatable bonds is 4. The van der Waals surface area contributed by atoms with Gasteiger partial charge in [-0.3, -0.25) is 4.79 Å². The van der Waals surface area contributed by atoms with Crippen molar-refractivity contribution in [2.45, 2.75) is 5.92 Å². The molecule has 5 heteroatoms. The van der Waals surface area contributed by atoms with E-state index in [1.165, 1.54) is 19.2 Å². The Bertz CT molecular complexity index is 724. The van der Waals surface area contributed by atoms with Crippen molar-refractivity contribution in [2.24, 2.45) is 0 Å². The second-order valence-corrected chi connectivity index (χ2v) is 4.70. The van der Waals surface area contributed by atoms with E-state index in [0.717, 1.165) is 6.07 Å². The Morgan fingerprint density at radius 1 is 1.33 bits per heavy atom. The summed E-state index contributed by atoms with van der Waals surface area (Å²) in [7, 11) is 1.46. The van der Waals surface area contributed by atoms with Crippen molar-refractivity contribution >= 4 is 17.4 Å². The first-order chi connectivity index (χ1) is 10.1. The lowest BCUT2D eigenvalue weighted by Gasteiger charge is -2.13. The topological polar surface area (TPSA) is 50.1 Å². The van der Waals surface area contributed by atoms with Crippen LogP contribution in [0, 0.1) is 17.1 Å². The third-order valence-electron chi connectivity index (χ3n) is 3.05. The molecule has 0 fully saturated rings. The summed E-state index contributed by atoms with van der Waals surface area (Å²) in [5.41, 5.74) is 0.539. The average Bonchev–Trinajstić information content (AvgIpc) is 2.51. The van der Waals surface area contributed by atoms with Crippen LogP contribution < -0.4 is 4.74 Å². The molecule has 0 heterocycles. The second-order valence-electron chi connectivity index (χ2n) is 4.30. The van der Waals surface area contributed by atoms with Crippen LogP contribution in [-0.4, -0.2) is 12.9 Å². The number of ketones is 1. The molecule has 0 saturated heterocycles. The molecule has 0 amide bonds. The minimum atomic E-state index is -1.07. The van der Waals surface area contributed by atoms with Gasteiger partial charge in [-0.1, -0.05) is 29.8 Å². The van der Waals surface area contributed by atoms with E-state index < -0.39 is 17.5 Å². The van der Waals surface area contributed by atoms with Crippen LogP contribution in [0.1, 0.15) is 21.8 Å². The van der Waals surface area contributed by atoms with Crippen LogP contribution in [0.15, 0.2) is 42.5 Å². The van der Waals surface area contributed by atoms with E-state index >= 15 is 0 Å². The number of hydrogen-bond donors (Lipinski definition) is 0. The zero-order valence-electron chi connectivity index (χ0n) is 11.1. The number of halogens is 2. The number of methoxy groups -OCH3 is 1. The lowest BCUT2D eigenvalue weighted by molar-refractivity contribution is 0.0977. The lowest BCUT2D eigenvalue weighted by atomic mass is 9.91. The number of hydrogen-bond acceptors (Lipinski definition) is 3. The van der Waals surface area contributed by atoms with Crippen molar-refractivity contribution in [3.05, 3.63) is 64.4 Å². The fraction of sp³-hybridized carbons (Fsp3) is 0.125. The molecule has 0 bridgehead atoms. The summed E-state index contributed by atoms with van der Waals surface area (Å²) in [6, 6.07) is 12.4. The van der Waals surface area contributed by atoms with Crippen LogP contribution in [0.3, 0.4) is 0 Å². The zero-order chi connectivity index (χ0) is 15.4. The minimum absolute atomic E-state index is 0.0719. The summed E-state index contributed by atoms with van der Waals surface area (Å²) < 4.78 is 18.6. The predicted molar refractivity (Wildman–Crippen MR) is 77.1 cm³/mol. The van der Waals surface area contributed by atoms with E-state index in [1.54, 1.807) is 24.3 Å². The van der Waals surface area contributed by atoms with Gasteiger partial charge in [0.1, 0.15) is 17.5 Å². The predicted octanol–water partition coefficient (Wildman–Crippen LogP) is 3.98. The molecular formula is C16H11ClFNO2. The van der Waals surface area contributed by atoms with Crippen molar-refractivity contribution in [1.29, 1.82) is 5.26 Å². The van der Waals surface area contributed by atoms with Gasteiger partial charge in [0.15, 0.2) is 5.78 Å². The first kappa shape index (κ1) is 15.0. The number of nitriles is 1. The molecule has 0 saturated carbocycles. The molecule has 2 aromatic rings. The molecule has 21 heavy (non-hydrogen) atoms.